The molecule has 29 heavy (non-hydrogen) atoms. The maximum Gasteiger partial charge on any atom is 0.265 e. The molecule has 0 aliphatic heterocycles. The fraction of sp³-hybridized carbons (Fsp3) is 0.412. The summed E-state index contributed by atoms with van der Waals surface area (Å²) in [7, 11) is -2.21. The van der Waals surface area contributed by atoms with Gasteiger partial charge in [0.25, 0.3) is 10.0 Å². The van der Waals surface area contributed by atoms with Crippen LogP contribution in [0.2, 0.25) is 0 Å². The minimum absolute atomic E-state index is 0.0150. The standard InChI is InChI=1S/C17H24N8O2S2/c1-20-16(25-29(26,27)13-6-3-7-21-9-13)22-12-5-2-4-11(8-12)14-10-28-17(23-14)24-15(18)19/h3,6-7,9-12H,2,4-5,8H2,1H3,(H2,20,22,25)(H4,18,19,23,24). The molecule has 2 heterocycles. The van der Waals surface area contributed by atoms with E-state index in [0.717, 1.165) is 31.4 Å². The first-order valence-electron chi connectivity index (χ1n) is 9.08. The van der Waals surface area contributed by atoms with Crippen molar-refractivity contribution in [2.45, 2.75) is 42.5 Å². The largest absolute Gasteiger partial charge is 0.370 e. The zero-order valence-electron chi connectivity index (χ0n) is 15.9. The van der Waals surface area contributed by atoms with Crippen molar-refractivity contribution in [1.29, 1.82) is 0 Å². The SMILES string of the molecule is CN=C(NC1CCCC(c2csc(N=C(N)N)n2)C1)NS(=O)(=O)c1cccnc1. The Morgan fingerprint density at radius 2 is 2.17 bits per heavy atom. The van der Waals surface area contributed by atoms with Gasteiger partial charge in [0.2, 0.25) is 11.1 Å². The number of guanidine groups is 2. The quantitative estimate of drug-likeness (QED) is 0.402. The van der Waals surface area contributed by atoms with E-state index < -0.39 is 10.0 Å². The van der Waals surface area contributed by atoms with E-state index in [1.54, 1.807) is 6.07 Å². The van der Waals surface area contributed by atoms with Gasteiger partial charge >= 0.3 is 0 Å². The summed E-state index contributed by atoms with van der Waals surface area (Å²) in [5.41, 5.74) is 11.8. The molecule has 156 valence electrons. The van der Waals surface area contributed by atoms with Gasteiger partial charge in [0.15, 0.2) is 5.96 Å². The summed E-state index contributed by atoms with van der Waals surface area (Å²) in [5.74, 6) is 0.436. The van der Waals surface area contributed by atoms with Gasteiger partial charge in [-0.3, -0.25) is 9.98 Å². The Hall–Kier alpha value is -2.73. The number of nitrogens with two attached hydrogens (primary N) is 2. The zero-order valence-corrected chi connectivity index (χ0v) is 17.6. The van der Waals surface area contributed by atoms with Gasteiger partial charge in [-0.15, -0.1) is 11.3 Å². The Bertz CT molecular complexity index is 984. The molecular formula is C17H24N8O2S2. The van der Waals surface area contributed by atoms with Crippen LogP contribution in [0.3, 0.4) is 0 Å². The van der Waals surface area contributed by atoms with Gasteiger partial charge in [0.1, 0.15) is 4.90 Å². The van der Waals surface area contributed by atoms with E-state index in [2.05, 4.69) is 30.0 Å². The van der Waals surface area contributed by atoms with E-state index >= 15 is 0 Å². The summed E-state index contributed by atoms with van der Waals surface area (Å²) in [6.45, 7) is 0. The third-order valence-corrected chi connectivity index (χ3v) is 6.64. The lowest BCUT2D eigenvalue weighted by Gasteiger charge is -2.30. The number of rotatable bonds is 5. The second-order valence-corrected chi connectivity index (χ2v) is 9.18. The number of aromatic nitrogens is 2. The third-order valence-electron chi connectivity index (χ3n) is 4.57. The van der Waals surface area contributed by atoms with E-state index in [1.807, 2.05) is 5.38 Å². The monoisotopic (exact) mass is 436 g/mol. The van der Waals surface area contributed by atoms with Crippen molar-refractivity contribution in [3.05, 3.63) is 35.6 Å². The minimum atomic E-state index is -3.75. The lowest BCUT2D eigenvalue weighted by atomic mass is 9.84. The van der Waals surface area contributed by atoms with Crippen LogP contribution in [0.25, 0.3) is 0 Å². The van der Waals surface area contributed by atoms with Gasteiger partial charge in [-0.25, -0.2) is 18.1 Å². The van der Waals surface area contributed by atoms with Crippen LogP contribution in [0.15, 0.2) is 44.8 Å². The molecule has 1 fully saturated rings. The number of sulfonamides is 1. The normalized spacial score (nSPS) is 20.1. The van der Waals surface area contributed by atoms with Crippen LogP contribution >= 0.6 is 11.3 Å². The number of hydrogen-bond donors (Lipinski definition) is 4. The number of nitrogens with zero attached hydrogens (tertiary/aromatic N) is 4. The third kappa shape index (κ3) is 5.64. The summed E-state index contributed by atoms with van der Waals surface area (Å²) in [4.78, 5) is 16.5. The molecule has 2 unspecified atom stereocenters. The van der Waals surface area contributed by atoms with E-state index in [0.29, 0.717) is 5.13 Å². The number of hydrogen-bond acceptors (Lipinski definition) is 7. The second-order valence-electron chi connectivity index (χ2n) is 6.66. The summed E-state index contributed by atoms with van der Waals surface area (Å²) >= 11 is 1.40. The highest BCUT2D eigenvalue weighted by Crippen LogP contribution is 2.35. The molecule has 3 rings (SSSR count). The van der Waals surface area contributed by atoms with Crippen molar-refractivity contribution in [2.24, 2.45) is 21.5 Å². The molecule has 0 amide bonds. The van der Waals surface area contributed by atoms with Gasteiger partial charge in [0.05, 0.1) is 5.69 Å². The molecule has 10 nitrogen and oxygen atoms in total. The average molecular weight is 437 g/mol. The maximum atomic E-state index is 12.5. The van der Waals surface area contributed by atoms with Crippen molar-refractivity contribution >= 4 is 38.4 Å². The van der Waals surface area contributed by atoms with Crippen LogP contribution in [0, 0.1) is 0 Å². The Morgan fingerprint density at radius 3 is 2.86 bits per heavy atom. The van der Waals surface area contributed by atoms with Crippen LogP contribution < -0.4 is 21.5 Å². The first kappa shape index (κ1) is 21.0. The molecule has 0 bridgehead atoms. The number of pyridine rings is 1. The van der Waals surface area contributed by atoms with E-state index in [1.165, 1.54) is 36.8 Å². The van der Waals surface area contributed by atoms with Crippen LogP contribution in [-0.4, -0.2) is 43.4 Å². The predicted molar refractivity (Wildman–Crippen MR) is 114 cm³/mol. The zero-order chi connectivity index (χ0) is 20.9. The number of thiazole rings is 1. The van der Waals surface area contributed by atoms with Crippen LogP contribution in [0.5, 0.6) is 0 Å². The highest BCUT2D eigenvalue weighted by Gasteiger charge is 2.27. The number of nitrogens with one attached hydrogen (secondary N) is 2. The molecule has 2 atom stereocenters. The first-order chi connectivity index (χ1) is 13.9. The van der Waals surface area contributed by atoms with Crippen molar-refractivity contribution in [2.75, 3.05) is 7.05 Å². The second kappa shape index (κ2) is 9.18. The van der Waals surface area contributed by atoms with Crippen molar-refractivity contribution < 1.29 is 8.42 Å². The molecule has 1 aliphatic carbocycles. The van der Waals surface area contributed by atoms with E-state index in [4.69, 9.17) is 11.5 Å². The lowest BCUT2D eigenvalue weighted by molar-refractivity contribution is 0.366. The van der Waals surface area contributed by atoms with Gasteiger partial charge in [-0.2, -0.15) is 4.99 Å². The summed E-state index contributed by atoms with van der Waals surface area (Å²) in [6.07, 6.45) is 6.52. The van der Waals surface area contributed by atoms with Crippen molar-refractivity contribution in [3.8, 4) is 0 Å². The van der Waals surface area contributed by atoms with Crippen LogP contribution in [0.4, 0.5) is 5.13 Å². The Kier molecular flexibility index (Phi) is 6.64. The Balaban J connectivity index is 1.64. The van der Waals surface area contributed by atoms with Gasteiger partial charge in [-0.05, 0) is 31.4 Å². The summed E-state index contributed by atoms with van der Waals surface area (Å²) in [5, 5.41) is 5.72. The Labute approximate surface area is 173 Å². The molecular weight excluding hydrogens is 412 g/mol. The van der Waals surface area contributed by atoms with E-state index in [-0.39, 0.29) is 28.8 Å². The maximum absolute atomic E-state index is 12.5. The van der Waals surface area contributed by atoms with Gasteiger partial charge < -0.3 is 16.8 Å². The summed E-state index contributed by atoms with van der Waals surface area (Å²) < 4.78 is 27.5. The topological polar surface area (TPSA) is 161 Å². The highest BCUT2D eigenvalue weighted by molar-refractivity contribution is 7.90. The highest BCUT2D eigenvalue weighted by atomic mass is 32.2. The first-order valence-corrected chi connectivity index (χ1v) is 11.4. The fourth-order valence-electron chi connectivity index (χ4n) is 3.24. The molecule has 0 saturated heterocycles. The fourth-order valence-corrected chi connectivity index (χ4v) is 5.01. The molecule has 0 aromatic carbocycles. The van der Waals surface area contributed by atoms with Crippen LogP contribution in [0.1, 0.15) is 37.3 Å². The molecule has 0 radical (unpaired) electrons. The lowest BCUT2D eigenvalue weighted by Crippen LogP contribution is -2.47. The molecule has 2 aromatic heterocycles. The molecule has 1 saturated carbocycles. The van der Waals surface area contributed by atoms with Gasteiger partial charge in [0, 0.05) is 36.8 Å². The molecule has 1 aliphatic rings. The predicted octanol–water partition coefficient (Wildman–Crippen LogP) is 1.02. The van der Waals surface area contributed by atoms with Crippen molar-refractivity contribution in [3.63, 3.8) is 0 Å². The molecule has 0 spiro atoms. The number of aliphatic imine (C=N–C) groups is 2. The van der Waals surface area contributed by atoms with Crippen LogP contribution in [-0.2, 0) is 10.0 Å². The Morgan fingerprint density at radius 1 is 1.34 bits per heavy atom. The van der Waals surface area contributed by atoms with Gasteiger partial charge in [-0.1, -0.05) is 6.42 Å². The smallest absolute Gasteiger partial charge is 0.265 e. The van der Waals surface area contributed by atoms with Crippen molar-refractivity contribution in [1.82, 2.24) is 20.0 Å². The molecule has 2 aromatic rings. The molecule has 6 N–H and O–H groups in total. The summed E-state index contributed by atoms with van der Waals surface area (Å²) in [6, 6.07) is 3.12. The van der Waals surface area contributed by atoms with E-state index in [9.17, 15) is 8.42 Å². The average Bonchev–Trinajstić information content (AvgIpc) is 3.16. The minimum Gasteiger partial charge on any atom is -0.370 e. The molecule has 12 heteroatoms.